The number of hydrogen-bond acceptors (Lipinski definition) is 3. The van der Waals surface area contributed by atoms with Gasteiger partial charge in [0.1, 0.15) is 12.4 Å². The molecule has 0 aromatic heterocycles. The molecule has 0 saturated carbocycles. The fourth-order valence-electron chi connectivity index (χ4n) is 4.58. The van der Waals surface area contributed by atoms with Gasteiger partial charge in [-0.1, -0.05) is 42.5 Å². The van der Waals surface area contributed by atoms with Crippen LogP contribution in [0.3, 0.4) is 0 Å². The lowest BCUT2D eigenvalue weighted by Gasteiger charge is -2.34. The van der Waals surface area contributed by atoms with Gasteiger partial charge in [-0.15, -0.1) is 0 Å². The zero-order valence-electron chi connectivity index (χ0n) is 16.7. The molecular weight excluding hydrogens is 367 g/mol. The fourth-order valence-corrected chi connectivity index (χ4v) is 4.58. The van der Waals surface area contributed by atoms with Crippen LogP contribution in [0.1, 0.15) is 36.8 Å². The van der Waals surface area contributed by atoms with Gasteiger partial charge in [0, 0.05) is 25.2 Å². The summed E-state index contributed by atoms with van der Waals surface area (Å²) >= 11 is 0. The molecule has 0 spiro atoms. The summed E-state index contributed by atoms with van der Waals surface area (Å²) in [7, 11) is 0. The molecule has 2 atom stereocenters. The van der Waals surface area contributed by atoms with Gasteiger partial charge in [-0.05, 0) is 61.3 Å². The third kappa shape index (κ3) is 5.36. The highest BCUT2D eigenvalue weighted by Crippen LogP contribution is 2.29. The lowest BCUT2D eigenvalue weighted by molar-refractivity contribution is 0.0787. The van der Waals surface area contributed by atoms with Crippen LogP contribution in [0.4, 0.5) is 9.18 Å². The Morgan fingerprint density at radius 3 is 2.41 bits per heavy atom. The molecule has 2 aromatic rings. The smallest absolute Gasteiger partial charge is 0.410 e. The predicted molar refractivity (Wildman–Crippen MR) is 111 cm³/mol. The first-order valence-electron chi connectivity index (χ1n) is 10.6. The van der Waals surface area contributed by atoms with Crippen LogP contribution in [0, 0.1) is 11.7 Å². The monoisotopic (exact) mass is 396 g/mol. The number of carbonyl (C=O) groups is 1. The maximum Gasteiger partial charge on any atom is 0.410 e. The van der Waals surface area contributed by atoms with Gasteiger partial charge >= 0.3 is 6.09 Å². The number of nitrogens with one attached hydrogen (secondary N) is 1. The Hall–Kier alpha value is -2.40. The molecule has 154 valence electrons. The van der Waals surface area contributed by atoms with Crippen molar-refractivity contribution >= 4 is 6.09 Å². The number of nitrogens with zero attached hydrogens (tertiary/aromatic N) is 1. The number of piperidine rings is 1. The molecule has 0 unspecified atom stereocenters. The lowest BCUT2D eigenvalue weighted by atomic mass is 9.89. The van der Waals surface area contributed by atoms with E-state index in [0.29, 0.717) is 24.6 Å². The van der Waals surface area contributed by atoms with Crippen molar-refractivity contribution in [3.05, 3.63) is 71.5 Å². The Morgan fingerprint density at radius 2 is 1.69 bits per heavy atom. The van der Waals surface area contributed by atoms with E-state index in [1.165, 1.54) is 24.1 Å². The fraction of sp³-hybridized carbons (Fsp3) is 0.458. The SMILES string of the molecule is O=C(OCc1ccccc1)N1CCC([C@H]2CC[C@@H](Cc3ccc(F)cc3)N2)CC1. The van der Waals surface area contributed by atoms with Crippen LogP contribution in [0.25, 0.3) is 0 Å². The zero-order chi connectivity index (χ0) is 20.1. The van der Waals surface area contributed by atoms with E-state index in [1.807, 2.05) is 47.4 Å². The molecular formula is C24H29FN2O2. The van der Waals surface area contributed by atoms with Gasteiger partial charge < -0.3 is 15.0 Å². The van der Waals surface area contributed by atoms with Crippen molar-refractivity contribution in [2.75, 3.05) is 13.1 Å². The molecule has 2 aromatic carbocycles. The van der Waals surface area contributed by atoms with Crippen molar-refractivity contribution in [1.29, 1.82) is 0 Å². The summed E-state index contributed by atoms with van der Waals surface area (Å²) < 4.78 is 18.5. The molecule has 1 N–H and O–H groups in total. The molecule has 2 heterocycles. The minimum Gasteiger partial charge on any atom is -0.445 e. The third-order valence-corrected chi connectivity index (χ3v) is 6.24. The molecule has 1 amide bonds. The maximum absolute atomic E-state index is 13.1. The summed E-state index contributed by atoms with van der Waals surface area (Å²) in [4.78, 5) is 14.2. The van der Waals surface area contributed by atoms with Gasteiger partial charge in [0.05, 0.1) is 0 Å². The molecule has 2 aliphatic heterocycles. The number of ether oxygens (including phenoxy) is 1. The molecule has 0 radical (unpaired) electrons. The Balaban J connectivity index is 1.19. The normalized spacial score (nSPS) is 22.6. The van der Waals surface area contributed by atoms with E-state index in [2.05, 4.69) is 5.32 Å². The topological polar surface area (TPSA) is 41.6 Å². The van der Waals surface area contributed by atoms with Gasteiger partial charge in [0.2, 0.25) is 0 Å². The first-order chi connectivity index (χ1) is 14.2. The van der Waals surface area contributed by atoms with E-state index in [9.17, 15) is 9.18 Å². The summed E-state index contributed by atoms with van der Waals surface area (Å²) in [5.74, 6) is 0.423. The molecule has 0 bridgehead atoms. The number of carbonyl (C=O) groups excluding carboxylic acids is 1. The standard InChI is InChI=1S/C24H29FN2O2/c25-21-8-6-18(7-9-21)16-22-10-11-23(26-22)20-12-14-27(15-13-20)24(28)29-17-19-4-2-1-3-5-19/h1-9,20,22-23,26H,10-17H2/t22-,23+/m0/s1. The zero-order valence-corrected chi connectivity index (χ0v) is 16.7. The summed E-state index contributed by atoms with van der Waals surface area (Å²) in [6.07, 6.45) is 5.10. The van der Waals surface area contributed by atoms with Crippen LogP contribution in [-0.2, 0) is 17.8 Å². The summed E-state index contributed by atoms with van der Waals surface area (Å²) in [5.41, 5.74) is 2.19. The minimum atomic E-state index is -0.208. The Bertz CT molecular complexity index is 788. The highest BCUT2D eigenvalue weighted by atomic mass is 19.1. The van der Waals surface area contributed by atoms with Gasteiger partial charge in [0.15, 0.2) is 0 Å². The number of hydrogen-bond donors (Lipinski definition) is 1. The van der Waals surface area contributed by atoms with Gasteiger partial charge in [-0.25, -0.2) is 9.18 Å². The van der Waals surface area contributed by atoms with Crippen LogP contribution in [-0.4, -0.2) is 36.2 Å². The Morgan fingerprint density at radius 1 is 0.966 bits per heavy atom. The molecule has 0 aliphatic carbocycles. The van der Waals surface area contributed by atoms with Crippen molar-refractivity contribution in [2.45, 2.75) is 50.8 Å². The van der Waals surface area contributed by atoms with E-state index >= 15 is 0 Å². The summed E-state index contributed by atoms with van der Waals surface area (Å²) in [6, 6.07) is 17.6. The van der Waals surface area contributed by atoms with E-state index in [4.69, 9.17) is 4.74 Å². The van der Waals surface area contributed by atoms with E-state index in [-0.39, 0.29) is 11.9 Å². The van der Waals surface area contributed by atoms with Gasteiger partial charge in [-0.3, -0.25) is 0 Å². The van der Waals surface area contributed by atoms with Crippen molar-refractivity contribution in [1.82, 2.24) is 10.2 Å². The van der Waals surface area contributed by atoms with Crippen LogP contribution >= 0.6 is 0 Å². The Kier molecular flexibility index (Phi) is 6.45. The average Bonchev–Trinajstić information content (AvgIpc) is 3.23. The third-order valence-electron chi connectivity index (χ3n) is 6.24. The summed E-state index contributed by atoms with van der Waals surface area (Å²) in [6.45, 7) is 1.85. The Labute approximate surface area is 172 Å². The van der Waals surface area contributed by atoms with Crippen LogP contribution in [0.15, 0.2) is 54.6 Å². The molecule has 5 heteroatoms. The minimum absolute atomic E-state index is 0.180. The average molecular weight is 397 g/mol. The van der Waals surface area contributed by atoms with E-state index in [0.717, 1.165) is 44.3 Å². The predicted octanol–water partition coefficient (Wildman–Crippen LogP) is 4.54. The van der Waals surface area contributed by atoms with Crippen LogP contribution in [0.5, 0.6) is 0 Å². The number of benzene rings is 2. The van der Waals surface area contributed by atoms with Crippen molar-refractivity contribution < 1.29 is 13.9 Å². The summed E-state index contributed by atoms with van der Waals surface area (Å²) in [5, 5.41) is 3.79. The van der Waals surface area contributed by atoms with E-state index in [1.54, 1.807) is 0 Å². The molecule has 2 saturated heterocycles. The molecule has 4 rings (SSSR count). The number of rotatable bonds is 5. The quantitative estimate of drug-likeness (QED) is 0.807. The molecule has 29 heavy (non-hydrogen) atoms. The highest BCUT2D eigenvalue weighted by Gasteiger charge is 2.33. The first kappa shape index (κ1) is 19.9. The van der Waals surface area contributed by atoms with Crippen molar-refractivity contribution in [3.8, 4) is 0 Å². The highest BCUT2D eigenvalue weighted by molar-refractivity contribution is 5.67. The van der Waals surface area contributed by atoms with Crippen molar-refractivity contribution in [2.24, 2.45) is 5.92 Å². The second kappa shape index (κ2) is 9.40. The van der Waals surface area contributed by atoms with Crippen LogP contribution < -0.4 is 5.32 Å². The number of amides is 1. The maximum atomic E-state index is 13.1. The number of halogens is 1. The van der Waals surface area contributed by atoms with E-state index < -0.39 is 0 Å². The molecule has 4 nitrogen and oxygen atoms in total. The largest absolute Gasteiger partial charge is 0.445 e. The van der Waals surface area contributed by atoms with Gasteiger partial charge in [-0.2, -0.15) is 0 Å². The first-order valence-corrected chi connectivity index (χ1v) is 10.6. The second-order valence-corrected chi connectivity index (χ2v) is 8.24. The van der Waals surface area contributed by atoms with Crippen LogP contribution in [0.2, 0.25) is 0 Å². The second-order valence-electron chi connectivity index (χ2n) is 8.24. The molecule has 2 fully saturated rings. The molecule has 2 aliphatic rings. The van der Waals surface area contributed by atoms with Crippen molar-refractivity contribution in [3.63, 3.8) is 0 Å². The van der Waals surface area contributed by atoms with Gasteiger partial charge in [0.25, 0.3) is 0 Å². The number of likely N-dealkylation sites (tertiary alicyclic amines) is 1. The lowest BCUT2D eigenvalue weighted by Crippen LogP contribution is -2.44.